The molecule has 0 bridgehead atoms. The van der Waals surface area contributed by atoms with Crippen LogP contribution >= 0.6 is 11.8 Å². The van der Waals surface area contributed by atoms with Crippen molar-refractivity contribution < 1.29 is 19.1 Å². The maximum Gasteiger partial charge on any atom is 0.308 e. The van der Waals surface area contributed by atoms with E-state index in [1.165, 1.54) is 11.8 Å². The number of anilines is 1. The maximum absolute atomic E-state index is 12.5. The van der Waals surface area contributed by atoms with Crippen molar-refractivity contribution in [2.45, 2.75) is 68.2 Å². The number of thioether (sulfide) groups is 1. The zero-order chi connectivity index (χ0) is 19.4. The number of fused-ring (bicyclic) bond motifs is 1. The number of esters is 1. The van der Waals surface area contributed by atoms with Crippen molar-refractivity contribution in [3.05, 3.63) is 24.3 Å². The molecule has 1 fully saturated rings. The highest BCUT2D eigenvalue weighted by Gasteiger charge is 2.33. The number of rotatable bonds is 6. The Kier molecular flexibility index (Phi) is 6.42. The third kappa shape index (κ3) is 5.03. The van der Waals surface area contributed by atoms with Crippen molar-refractivity contribution in [1.29, 1.82) is 0 Å². The molecule has 146 valence electrons. The first-order valence-corrected chi connectivity index (χ1v) is 10.4. The fraction of sp³-hybridized carbons (Fsp3) is 0.550. The van der Waals surface area contributed by atoms with Crippen molar-refractivity contribution >= 4 is 35.2 Å². The molecule has 1 aromatic rings. The topological polar surface area (TPSA) is 84.5 Å². The molecular weight excluding hydrogens is 364 g/mol. The van der Waals surface area contributed by atoms with Crippen LogP contribution in [-0.2, 0) is 19.1 Å². The van der Waals surface area contributed by atoms with Crippen molar-refractivity contribution in [3.63, 3.8) is 0 Å². The standard InChI is InChI=1S/C20H26N2O4S/c1-12(2)18(20(25)21-13-7-3-4-8-13)26-17(23)11-16-19(24)22-14-9-5-6-10-15(14)27-16/h5-6,9-10,12-13,16,18H,3-4,7-8,11H2,1-2H3,(H,21,25)(H,22,24)/t16-,18+/m0/s1. The van der Waals surface area contributed by atoms with Gasteiger partial charge in [0.1, 0.15) is 0 Å². The van der Waals surface area contributed by atoms with Crippen molar-refractivity contribution in [1.82, 2.24) is 5.32 Å². The minimum Gasteiger partial charge on any atom is -0.452 e. The zero-order valence-electron chi connectivity index (χ0n) is 15.7. The van der Waals surface area contributed by atoms with Crippen molar-refractivity contribution in [3.8, 4) is 0 Å². The highest BCUT2D eigenvalue weighted by atomic mass is 32.2. The summed E-state index contributed by atoms with van der Waals surface area (Å²) in [6, 6.07) is 7.65. The van der Waals surface area contributed by atoms with Gasteiger partial charge in [-0.3, -0.25) is 14.4 Å². The van der Waals surface area contributed by atoms with Crippen LogP contribution in [0.15, 0.2) is 29.2 Å². The summed E-state index contributed by atoms with van der Waals surface area (Å²) in [6.07, 6.45) is 3.29. The second kappa shape index (κ2) is 8.78. The molecule has 0 spiro atoms. The average Bonchev–Trinajstić information content (AvgIpc) is 3.13. The lowest BCUT2D eigenvalue weighted by Gasteiger charge is -2.26. The van der Waals surface area contributed by atoms with Gasteiger partial charge in [-0.1, -0.05) is 38.8 Å². The van der Waals surface area contributed by atoms with Crippen LogP contribution in [0.3, 0.4) is 0 Å². The van der Waals surface area contributed by atoms with Crippen LogP contribution in [0.4, 0.5) is 5.69 Å². The van der Waals surface area contributed by atoms with E-state index in [4.69, 9.17) is 4.74 Å². The molecule has 2 N–H and O–H groups in total. The Labute approximate surface area is 163 Å². The van der Waals surface area contributed by atoms with E-state index in [1.807, 2.05) is 38.1 Å². The van der Waals surface area contributed by atoms with Gasteiger partial charge in [-0.05, 0) is 30.9 Å². The lowest BCUT2D eigenvalue weighted by molar-refractivity contribution is -0.159. The lowest BCUT2D eigenvalue weighted by atomic mass is 10.1. The van der Waals surface area contributed by atoms with Crippen LogP contribution in [0.1, 0.15) is 46.0 Å². The number of hydrogen-bond acceptors (Lipinski definition) is 5. The number of nitrogens with one attached hydrogen (secondary N) is 2. The molecule has 1 saturated carbocycles. The monoisotopic (exact) mass is 390 g/mol. The number of amides is 2. The molecule has 6 nitrogen and oxygen atoms in total. The summed E-state index contributed by atoms with van der Waals surface area (Å²) in [4.78, 5) is 38.1. The molecule has 27 heavy (non-hydrogen) atoms. The molecule has 1 heterocycles. The Hall–Kier alpha value is -2.02. The number of hydrogen-bond donors (Lipinski definition) is 2. The van der Waals surface area contributed by atoms with Crippen LogP contribution in [-0.4, -0.2) is 35.2 Å². The number of benzene rings is 1. The van der Waals surface area contributed by atoms with Gasteiger partial charge in [0.05, 0.1) is 17.4 Å². The molecule has 7 heteroatoms. The molecule has 1 aromatic carbocycles. The van der Waals surface area contributed by atoms with E-state index in [2.05, 4.69) is 10.6 Å². The first-order chi connectivity index (χ1) is 12.9. The Morgan fingerprint density at radius 3 is 2.67 bits per heavy atom. The predicted molar refractivity (Wildman–Crippen MR) is 104 cm³/mol. The summed E-state index contributed by atoms with van der Waals surface area (Å²) in [6.45, 7) is 3.70. The second-order valence-corrected chi connectivity index (χ2v) is 8.69. The highest BCUT2D eigenvalue weighted by molar-refractivity contribution is 8.01. The Morgan fingerprint density at radius 1 is 1.26 bits per heavy atom. The number of ether oxygens (including phenoxy) is 1. The normalized spacial score (nSPS) is 20.7. The van der Waals surface area contributed by atoms with Gasteiger partial charge < -0.3 is 15.4 Å². The fourth-order valence-electron chi connectivity index (χ4n) is 3.41. The first-order valence-electron chi connectivity index (χ1n) is 9.50. The maximum atomic E-state index is 12.5. The molecule has 0 unspecified atom stereocenters. The van der Waals surface area contributed by atoms with Gasteiger partial charge in [-0.15, -0.1) is 11.8 Å². The first kappa shape index (κ1) is 19.7. The van der Waals surface area contributed by atoms with E-state index in [0.717, 1.165) is 36.3 Å². The quantitative estimate of drug-likeness (QED) is 0.729. The van der Waals surface area contributed by atoms with E-state index in [9.17, 15) is 14.4 Å². The average molecular weight is 391 g/mol. The Morgan fingerprint density at radius 2 is 1.96 bits per heavy atom. The summed E-state index contributed by atoms with van der Waals surface area (Å²) in [5, 5.41) is 5.25. The molecule has 3 rings (SSSR count). The Balaban J connectivity index is 1.57. The van der Waals surface area contributed by atoms with Crippen LogP contribution in [0, 0.1) is 5.92 Å². The highest BCUT2D eigenvalue weighted by Crippen LogP contribution is 2.36. The predicted octanol–water partition coefficient (Wildman–Crippen LogP) is 3.12. The van der Waals surface area contributed by atoms with E-state index < -0.39 is 17.3 Å². The van der Waals surface area contributed by atoms with Gasteiger partial charge in [0.15, 0.2) is 6.10 Å². The van der Waals surface area contributed by atoms with Crippen molar-refractivity contribution in [2.24, 2.45) is 5.92 Å². The molecule has 2 atom stereocenters. The molecule has 0 saturated heterocycles. The fourth-order valence-corrected chi connectivity index (χ4v) is 4.51. The summed E-state index contributed by atoms with van der Waals surface area (Å²) >= 11 is 1.35. The largest absolute Gasteiger partial charge is 0.452 e. The lowest BCUT2D eigenvalue weighted by Crippen LogP contribution is -2.45. The number of carbonyl (C=O) groups is 3. The summed E-state index contributed by atoms with van der Waals surface area (Å²) in [5.74, 6) is -1.12. The Bertz CT molecular complexity index is 716. The smallest absolute Gasteiger partial charge is 0.308 e. The third-order valence-corrected chi connectivity index (χ3v) is 6.16. The minimum absolute atomic E-state index is 0.0647. The van der Waals surface area contributed by atoms with E-state index in [0.29, 0.717) is 0 Å². The number of para-hydroxylation sites is 1. The zero-order valence-corrected chi connectivity index (χ0v) is 16.5. The van der Waals surface area contributed by atoms with Gasteiger partial charge >= 0.3 is 5.97 Å². The summed E-state index contributed by atoms with van der Waals surface area (Å²) < 4.78 is 5.48. The molecule has 1 aliphatic heterocycles. The molecule has 1 aliphatic carbocycles. The molecule has 0 radical (unpaired) electrons. The molecule has 0 aromatic heterocycles. The molecule has 2 amide bonds. The SMILES string of the molecule is CC(C)[C@@H](OC(=O)C[C@@H]1Sc2ccccc2NC1=O)C(=O)NC1CCCC1. The minimum atomic E-state index is -0.831. The summed E-state index contributed by atoms with van der Waals surface area (Å²) in [5.41, 5.74) is 0.758. The van der Waals surface area contributed by atoms with Crippen LogP contribution in [0.5, 0.6) is 0 Å². The molecule has 2 aliphatic rings. The van der Waals surface area contributed by atoms with E-state index in [-0.39, 0.29) is 30.2 Å². The summed E-state index contributed by atoms with van der Waals surface area (Å²) in [7, 11) is 0. The van der Waals surface area contributed by atoms with E-state index in [1.54, 1.807) is 0 Å². The van der Waals surface area contributed by atoms with Crippen molar-refractivity contribution in [2.75, 3.05) is 5.32 Å². The van der Waals surface area contributed by atoms with E-state index >= 15 is 0 Å². The molecular formula is C20H26N2O4S. The van der Waals surface area contributed by atoms with Crippen LogP contribution < -0.4 is 10.6 Å². The van der Waals surface area contributed by atoms with Gasteiger partial charge in [0.2, 0.25) is 5.91 Å². The van der Waals surface area contributed by atoms with Gasteiger partial charge in [-0.2, -0.15) is 0 Å². The van der Waals surface area contributed by atoms with Gasteiger partial charge in [0.25, 0.3) is 5.91 Å². The van der Waals surface area contributed by atoms with Crippen LogP contribution in [0.2, 0.25) is 0 Å². The third-order valence-electron chi connectivity index (χ3n) is 4.88. The van der Waals surface area contributed by atoms with Gasteiger partial charge in [0, 0.05) is 10.9 Å². The number of carbonyl (C=O) groups excluding carboxylic acids is 3. The van der Waals surface area contributed by atoms with Gasteiger partial charge in [-0.25, -0.2) is 0 Å². The van der Waals surface area contributed by atoms with Crippen LogP contribution in [0.25, 0.3) is 0 Å². The second-order valence-electron chi connectivity index (χ2n) is 7.44.